The molecule has 1 aromatic rings. The number of nitrogens with one attached hydrogen (secondary N) is 1. The van der Waals surface area contributed by atoms with E-state index in [-0.39, 0.29) is 17.2 Å². The van der Waals surface area contributed by atoms with Gasteiger partial charge in [-0.2, -0.15) is 4.39 Å². The molecule has 7 heteroatoms. The van der Waals surface area contributed by atoms with Gasteiger partial charge in [0.1, 0.15) is 5.69 Å². The molecule has 1 aromatic heterocycles. The van der Waals surface area contributed by atoms with E-state index >= 15 is 0 Å². The molecule has 0 radical (unpaired) electrons. The topological polar surface area (TPSA) is 76.1 Å². The molecule has 1 amide bonds. The molecule has 1 N–H and O–H groups in total. The number of nitrogens with zero attached hydrogens (tertiary/aromatic N) is 1. The molecule has 0 spiro atoms. The van der Waals surface area contributed by atoms with E-state index < -0.39 is 27.7 Å². The van der Waals surface area contributed by atoms with Gasteiger partial charge in [-0.3, -0.25) is 4.79 Å². The molecule has 1 saturated heterocycles. The van der Waals surface area contributed by atoms with Gasteiger partial charge in [-0.1, -0.05) is 6.07 Å². The Kier molecular flexibility index (Phi) is 3.10. The molecule has 1 atom stereocenters. The molecule has 1 aliphatic heterocycles. The van der Waals surface area contributed by atoms with E-state index in [0.29, 0.717) is 6.42 Å². The molecule has 0 saturated carbocycles. The Morgan fingerprint density at radius 1 is 1.47 bits per heavy atom. The molecule has 1 unspecified atom stereocenters. The molecular formula is C10H11FN2O3S. The number of pyridine rings is 1. The first-order valence-electron chi connectivity index (χ1n) is 5.10. The van der Waals surface area contributed by atoms with Crippen molar-refractivity contribution in [2.75, 3.05) is 11.5 Å². The fourth-order valence-electron chi connectivity index (χ4n) is 1.70. The average Bonchev–Trinajstić information content (AvgIpc) is 2.58. The Bertz CT molecular complexity index is 544. The third-order valence-corrected chi connectivity index (χ3v) is 4.28. The summed E-state index contributed by atoms with van der Waals surface area (Å²) in [5, 5.41) is 2.53. The molecule has 17 heavy (non-hydrogen) atoms. The van der Waals surface area contributed by atoms with E-state index in [4.69, 9.17) is 0 Å². The van der Waals surface area contributed by atoms with Gasteiger partial charge in [0.25, 0.3) is 5.91 Å². The first-order valence-corrected chi connectivity index (χ1v) is 6.92. The molecule has 92 valence electrons. The average molecular weight is 258 g/mol. The third kappa shape index (κ3) is 3.00. The van der Waals surface area contributed by atoms with Crippen molar-refractivity contribution >= 4 is 15.7 Å². The van der Waals surface area contributed by atoms with Crippen molar-refractivity contribution in [2.45, 2.75) is 12.5 Å². The van der Waals surface area contributed by atoms with Crippen LogP contribution >= 0.6 is 0 Å². The number of hydrogen-bond donors (Lipinski definition) is 1. The van der Waals surface area contributed by atoms with Gasteiger partial charge in [0, 0.05) is 6.04 Å². The summed E-state index contributed by atoms with van der Waals surface area (Å²) in [5.41, 5.74) is -0.0469. The molecule has 0 aromatic carbocycles. The van der Waals surface area contributed by atoms with Crippen LogP contribution in [-0.2, 0) is 9.84 Å². The van der Waals surface area contributed by atoms with Crippen LogP contribution in [0.25, 0.3) is 0 Å². The van der Waals surface area contributed by atoms with Gasteiger partial charge in [-0.15, -0.1) is 0 Å². The van der Waals surface area contributed by atoms with Crippen molar-refractivity contribution in [3.05, 3.63) is 29.8 Å². The SMILES string of the molecule is O=C(NC1CCS(=O)(=O)C1)c1cccc(F)n1. The van der Waals surface area contributed by atoms with E-state index in [2.05, 4.69) is 10.3 Å². The molecule has 0 aliphatic carbocycles. The molecular weight excluding hydrogens is 247 g/mol. The van der Waals surface area contributed by atoms with E-state index in [0.717, 1.165) is 6.07 Å². The number of rotatable bonds is 2. The number of halogens is 1. The Morgan fingerprint density at radius 3 is 2.82 bits per heavy atom. The lowest BCUT2D eigenvalue weighted by Crippen LogP contribution is -2.36. The number of hydrogen-bond acceptors (Lipinski definition) is 4. The van der Waals surface area contributed by atoms with E-state index in [1.165, 1.54) is 12.1 Å². The van der Waals surface area contributed by atoms with Crippen molar-refractivity contribution in [2.24, 2.45) is 0 Å². The lowest BCUT2D eigenvalue weighted by molar-refractivity contribution is 0.0935. The van der Waals surface area contributed by atoms with E-state index in [1.54, 1.807) is 0 Å². The zero-order valence-electron chi connectivity index (χ0n) is 8.89. The number of aromatic nitrogens is 1. The Hall–Kier alpha value is -1.50. The summed E-state index contributed by atoms with van der Waals surface area (Å²) in [5.74, 6) is -1.27. The minimum Gasteiger partial charge on any atom is -0.347 e. The van der Waals surface area contributed by atoms with Crippen molar-refractivity contribution in [3.63, 3.8) is 0 Å². The molecule has 5 nitrogen and oxygen atoms in total. The summed E-state index contributed by atoms with van der Waals surface area (Å²) >= 11 is 0. The van der Waals surface area contributed by atoms with Crippen molar-refractivity contribution in [1.82, 2.24) is 10.3 Å². The van der Waals surface area contributed by atoms with E-state index in [9.17, 15) is 17.6 Å². The van der Waals surface area contributed by atoms with Gasteiger partial charge in [0.2, 0.25) is 5.95 Å². The zero-order valence-corrected chi connectivity index (χ0v) is 9.71. The van der Waals surface area contributed by atoms with Gasteiger partial charge < -0.3 is 5.32 Å². The number of carbonyl (C=O) groups excluding carboxylic acids is 1. The zero-order chi connectivity index (χ0) is 12.5. The summed E-state index contributed by atoms with van der Waals surface area (Å²) in [6, 6.07) is 3.49. The first-order chi connectivity index (χ1) is 7.96. The van der Waals surface area contributed by atoms with Gasteiger partial charge >= 0.3 is 0 Å². The second-order valence-corrected chi connectivity index (χ2v) is 6.15. The van der Waals surface area contributed by atoms with Crippen molar-refractivity contribution in [1.29, 1.82) is 0 Å². The summed E-state index contributed by atoms with van der Waals surface area (Å²) in [6.45, 7) is 0. The molecule has 2 heterocycles. The van der Waals surface area contributed by atoms with Crippen LogP contribution in [0.1, 0.15) is 16.9 Å². The highest BCUT2D eigenvalue weighted by molar-refractivity contribution is 7.91. The van der Waals surface area contributed by atoms with Gasteiger partial charge in [0.15, 0.2) is 9.84 Å². The fourth-order valence-corrected chi connectivity index (χ4v) is 3.38. The lowest BCUT2D eigenvalue weighted by Gasteiger charge is -2.09. The summed E-state index contributed by atoms with van der Waals surface area (Å²) < 4.78 is 35.1. The smallest absolute Gasteiger partial charge is 0.270 e. The van der Waals surface area contributed by atoms with Crippen LogP contribution in [0.2, 0.25) is 0 Å². The van der Waals surface area contributed by atoms with Crippen LogP contribution in [0.3, 0.4) is 0 Å². The fraction of sp³-hybridized carbons (Fsp3) is 0.400. The first kappa shape index (κ1) is 12.0. The highest BCUT2D eigenvalue weighted by atomic mass is 32.2. The Balaban J connectivity index is 2.03. The highest BCUT2D eigenvalue weighted by Gasteiger charge is 2.29. The molecule has 1 fully saturated rings. The molecule has 2 rings (SSSR count). The number of sulfone groups is 1. The van der Waals surface area contributed by atoms with Crippen LogP contribution in [0.15, 0.2) is 18.2 Å². The third-order valence-electron chi connectivity index (χ3n) is 2.52. The van der Waals surface area contributed by atoms with Crippen LogP contribution in [0.4, 0.5) is 4.39 Å². The minimum atomic E-state index is -3.04. The van der Waals surface area contributed by atoms with Gasteiger partial charge in [-0.25, -0.2) is 13.4 Å². The van der Waals surface area contributed by atoms with Gasteiger partial charge in [0.05, 0.1) is 11.5 Å². The number of amides is 1. The predicted octanol–water partition coefficient (Wildman–Crippen LogP) is 0.138. The maximum absolute atomic E-state index is 12.8. The van der Waals surface area contributed by atoms with E-state index in [1.807, 2.05) is 0 Å². The van der Waals surface area contributed by atoms with Crippen LogP contribution < -0.4 is 5.32 Å². The standard InChI is InChI=1S/C10H11FN2O3S/c11-9-3-1-2-8(13-9)10(14)12-7-4-5-17(15,16)6-7/h1-3,7H,4-6H2,(H,12,14). The maximum atomic E-state index is 12.8. The number of carbonyl (C=O) groups is 1. The second kappa shape index (κ2) is 4.40. The predicted molar refractivity (Wildman–Crippen MR) is 58.7 cm³/mol. The quantitative estimate of drug-likeness (QED) is 0.765. The minimum absolute atomic E-state index is 0.0469. The second-order valence-electron chi connectivity index (χ2n) is 3.92. The summed E-state index contributed by atoms with van der Waals surface area (Å²) in [7, 11) is -3.04. The highest BCUT2D eigenvalue weighted by Crippen LogP contribution is 2.11. The summed E-state index contributed by atoms with van der Waals surface area (Å²) in [4.78, 5) is 15.1. The van der Waals surface area contributed by atoms with Crippen molar-refractivity contribution < 1.29 is 17.6 Å². The van der Waals surface area contributed by atoms with Crippen LogP contribution in [-0.4, -0.2) is 36.9 Å². The lowest BCUT2D eigenvalue weighted by atomic mass is 10.2. The van der Waals surface area contributed by atoms with Crippen molar-refractivity contribution in [3.8, 4) is 0 Å². The molecule has 1 aliphatic rings. The van der Waals surface area contributed by atoms with Crippen LogP contribution in [0, 0.1) is 5.95 Å². The summed E-state index contributed by atoms with van der Waals surface area (Å²) in [6.07, 6.45) is 0.392. The normalized spacial score (nSPS) is 22.3. The van der Waals surface area contributed by atoms with Gasteiger partial charge in [-0.05, 0) is 18.6 Å². The monoisotopic (exact) mass is 258 g/mol. The largest absolute Gasteiger partial charge is 0.347 e. The maximum Gasteiger partial charge on any atom is 0.270 e. The van der Waals surface area contributed by atoms with Crippen LogP contribution in [0.5, 0.6) is 0 Å². The Morgan fingerprint density at radius 2 is 2.24 bits per heavy atom. The Labute approximate surface area is 98.0 Å². The molecule has 0 bridgehead atoms.